The predicted octanol–water partition coefficient (Wildman–Crippen LogP) is 3.09. The Hall–Kier alpha value is -1.68. The molecule has 1 saturated carbocycles. The van der Waals surface area contributed by atoms with Crippen molar-refractivity contribution in [3.05, 3.63) is 30.1 Å². The lowest BCUT2D eigenvalue weighted by atomic mass is 9.79. The SMILES string of the molecule is CCC(CC=C(C)C)O[C@]1(CSc2ncccn2)CCC(OC(N)=O)C(OC)C1O. The predicted molar refractivity (Wildman–Crippen MR) is 115 cm³/mol. The van der Waals surface area contributed by atoms with Crippen molar-refractivity contribution < 1.29 is 24.1 Å². The van der Waals surface area contributed by atoms with Gasteiger partial charge in [-0.15, -0.1) is 0 Å². The van der Waals surface area contributed by atoms with E-state index in [0.717, 1.165) is 12.8 Å². The molecule has 0 bridgehead atoms. The standard InChI is InChI=1S/C21H33N3O5S/c1-5-15(8-7-14(2)3)29-21(13-30-20-23-11-6-12-24-20)10-9-16(28-19(22)26)17(27-4)18(21)25/h6-7,11-12,15-18,25H,5,8-10,13H2,1-4H3,(H2,22,26)/t15?,16?,17?,18?,21-/m0/s1. The van der Waals surface area contributed by atoms with E-state index in [1.807, 2.05) is 13.8 Å². The normalized spacial score (nSPS) is 27.3. The quantitative estimate of drug-likeness (QED) is 0.324. The van der Waals surface area contributed by atoms with Crippen LogP contribution in [0.2, 0.25) is 0 Å². The molecule has 1 fully saturated rings. The number of aliphatic hydroxyl groups is 1. The van der Waals surface area contributed by atoms with Crippen LogP contribution in [-0.2, 0) is 14.2 Å². The molecular weight excluding hydrogens is 406 g/mol. The Morgan fingerprint density at radius 2 is 2.13 bits per heavy atom. The highest BCUT2D eigenvalue weighted by atomic mass is 32.2. The number of primary amides is 1. The van der Waals surface area contributed by atoms with Gasteiger partial charge in [0.25, 0.3) is 0 Å². The van der Waals surface area contributed by atoms with Gasteiger partial charge in [0.15, 0.2) is 5.16 Å². The third-order valence-corrected chi connectivity index (χ3v) is 6.34. The van der Waals surface area contributed by atoms with Gasteiger partial charge in [0.1, 0.15) is 23.9 Å². The minimum absolute atomic E-state index is 0.0713. The number of amides is 1. The zero-order chi connectivity index (χ0) is 22.1. The number of carbonyl (C=O) groups excluding carboxylic acids is 1. The van der Waals surface area contributed by atoms with Crippen molar-refractivity contribution in [3.8, 4) is 0 Å². The second-order valence-corrected chi connectivity index (χ2v) is 8.65. The second-order valence-electron chi connectivity index (χ2n) is 7.71. The van der Waals surface area contributed by atoms with Gasteiger partial charge in [0.2, 0.25) is 0 Å². The fourth-order valence-corrected chi connectivity index (χ4v) is 4.65. The van der Waals surface area contributed by atoms with Crippen molar-refractivity contribution in [2.24, 2.45) is 5.73 Å². The summed E-state index contributed by atoms with van der Waals surface area (Å²) >= 11 is 1.42. The van der Waals surface area contributed by atoms with E-state index in [-0.39, 0.29) is 6.10 Å². The third kappa shape index (κ3) is 6.66. The number of aliphatic hydroxyl groups excluding tert-OH is 1. The molecule has 5 atom stereocenters. The van der Waals surface area contributed by atoms with Crippen molar-refractivity contribution >= 4 is 17.9 Å². The van der Waals surface area contributed by atoms with E-state index in [0.29, 0.717) is 23.8 Å². The Morgan fingerprint density at radius 1 is 1.43 bits per heavy atom. The fourth-order valence-electron chi connectivity index (χ4n) is 3.62. The van der Waals surface area contributed by atoms with E-state index in [4.69, 9.17) is 19.9 Å². The molecule has 30 heavy (non-hydrogen) atoms. The molecule has 0 aliphatic heterocycles. The van der Waals surface area contributed by atoms with Crippen LogP contribution in [0, 0.1) is 0 Å². The van der Waals surface area contributed by atoms with E-state index in [1.165, 1.54) is 24.4 Å². The summed E-state index contributed by atoms with van der Waals surface area (Å²) in [6.07, 6.45) is 4.64. The van der Waals surface area contributed by atoms with E-state index in [1.54, 1.807) is 18.5 Å². The van der Waals surface area contributed by atoms with Crippen LogP contribution in [0.5, 0.6) is 0 Å². The van der Waals surface area contributed by atoms with E-state index >= 15 is 0 Å². The maximum atomic E-state index is 11.3. The average Bonchev–Trinajstić information content (AvgIpc) is 2.72. The highest BCUT2D eigenvalue weighted by Crippen LogP contribution is 2.40. The van der Waals surface area contributed by atoms with Crippen molar-refractivity contribution in [1.82, 2.24) is 9.97 Å². The minimum Gasteiger partial charge on any atom is -0.444 e. The van der Waals surface area contributed by atoms with Gasteiger partial charge in [-0.1, -0.05) is 30.3 Å². The summed E-state index contributed by atoms with van der Waals surface area (Å²) in [6.45, 7) is 6.16. The Morgan fingerprint density at radius 3 is 2.70 bits per heavy atom. The summed E-state index contributed by atoms with van der Waals surface area (Å²) < 4.78 is 17.3. The van der Waals surface area contributed by atoms with Crippen LogP contribution in [0.3, 0.4) is 0 Å². The Labute approximate surface area is 182 Å². The highest BCUT2D eigenvalue weighted by molar-refractivity contribution is 7.99. The van der Waals surface area contributed by atoms with Crippen molar-refractivity contribution in [1.29, 1.82) is 0 Å². The van der Waals surface area contributed by atoms with Gasteiger partial charge in [-0.05, 0) is 45.6 Å². The second kappa shape index (κ2) is 11.6. The van der Waals surface area contributed by atoms with Crippen LogP contribution in [0.15, 0.2) is 35.3 Å². The number of thioether (sulfide) groups is 1. The smallest absolute Gasteiger partial charge is 0.404 e. The van der Waals surface area contributed by atoms with E-state index in [2.05, 4.69) is 23.0 Å². The monoisotopic (exact) mass is 439 g/mol. The maximum absolute atomic E-state index is 11.3. The van der Waals surface area contributed by atoms with E-state index < -0.39 is 30.0 Å². The molecular formula is C21H33N3O5S. The molecule has 1 amide bonds. The van der Waals surface area contributed by atoms with Crippen LogP contribution in [0.25, 0.3) is 0 Å². The zero-order valence-electron chi connectivity index (χ0n) is 18.1. The number of rotatable bonds is 10. The Bertz CT molecular complexity index is 701. The first-order chi connectivity index (χ1) is 14.3. The maximum Gasteiger partial charge on any atom is 0.404 e. The largest absolute Gasteiger partial charge is 0.444 e. The fraction of sp³-hybridized carbons (Fsp3) is 0.667. The summed E-state index contributed by atoms with van der Waals surface area (Å²) in [4.78, 5) is 19.8. The lowest BCUT2D eigenvalue weighted by Crippen LogP contribution is -2.62. The summed E-state index contributed by atoms with van der Waals surface area (Å²) in [6, 6.07) is 1.75. The van der Waals surface area contributed by atoms with Gasteiger partial charge in [0.05, 0.1) is 6.10 Å². The highest BCUT2D eigenvalue weighted by Gasteiger charge is 2.52. The number of allylic oxidation sites excluding steroid dienone is 1. The lowest BCUT2D eigenvalue weighted by molar-refractivity contribution is -0.219. The molecule has 0 spiro atoms. The number of aromatic nitrogens is 2. The van der Waals surface area contributed by atoms with Gasteiger partial charge >= 0.3 is 6.09 Å². The summed E-state index contributed by atoms with van der Waals surface area (Å²) in [5.74, 6) is 0.437. The molecule has 0 radical (unpaired) electrons. The van der Waals surface area contributed by atoms with Crippen molar-refractivity contribution in [2.45, 2.75) is 81.6 Å². The first kappa shape index (κ1) is 24.6. The number of ether oxygens (including phenoxy) is 3. The van der Waals surface area contributed by atoms with Crippen molar-refractivity contribution in [2.75, 3.05) is 12.9 Å². The van der Waals surface area contributed by atoms with Gasteiger partial charge in [-0.2, -0.15) is 0 Å². The molecule has 8 nitrogen and oxygen atoms in total. The van der Waals surface area contributed by atoms with Crippen molar-refractivity contribution in [3.63, 3.8) is 0 Å². The van der Waals surface area contributed by atoms with Gasteiger partial charge in [-0.3, -0.25) is 0 Å². The molecule has 1 aliphatic carbocycles. The molecule has 0 aromatic carbocycles. The minimum atomic E-state index is -1.02. The number of carbonyl (C=O) groups is 1. The number of nitrogens with two attached hydrogens (primary N) is 1. The number of methoxy groups -OCH3 is 1. The number of hydrogen-bond acceptors (Lipinski definition) is 8. The molecule has 1 aromatic rings. The van der Waals surface area contributed by atoms with Crippen LogP contribution in [-0.4, -0.2) is 64.0 Å². The topological polar surface area (TPSA) is 117 Å². The number of nitrogens with zero attached hydrogens (tertiary/aromatic N) is 2. The third-order valence-electron chi connectivity index (χ3n) is 5.24. The molecule has 2 rings (SSSR count). The summed E-state index contributed by atoms with van der Waals surface area (Å²) in [7, 11) is 1.48. The Kier molecular flexibility index (Phi) is 9.54. The molecule has 4 unspecified atom stereocenters. The lowest BCUT2D eigenvalue weighted by Gasteiger charge is -2.48. The van der Waals surface area contributed by atoms with Crippen LogP contribution >= 0.6 is 11.8 Å². The van der Waals surface area contributed by atoms with Gasteiger partial charge in [0, 0.05) is 25.3 Å². The molecule has 1 heterocycles. The first-order valence-corrected chi connectivity index (χ1v) is 11.2. The average molecular weight is 440 g/mol. The number of hydrogen-bond donors (Lipinski definition) is 2. The van der Waals surface area contributed by atoms with Crippen LogP contribution in [0.1, 0.15) is 46.5 Å². The van der Waals surface area contributed by atoms with E-state index in [9.17, 15) is 9.90 Å². The zero-order valence-corrected chi connectivity index (χ0v) is 18.9. The summed E-state index contributed by atoms with van der Waals surface area (Å²) in [5, 5.41) is 11.9. The molecule has 1 aliphatic rings. The van der Waals surface area contributed by atoms with Gasteiger partial charge in [-0.25, -0.2) is 14.8 Å². The van der Waals surface area contributed by atoms with Crippen LogP contribution in [0.4, 0.5) is 4.79 Å². The first-order valence-electron chi connectivity index (χ1n) is 10.2. The molecule has 9 heteroatoms. The molecule has 0 saturated heterocycles. The summed E-state index contributed by atoms with van der Waals surface area (Å²) in [5.41, 5.74) is 5.51. The molecule has 3 N–H and O–H groups in total. The Balaban J connectivity index is 2.27. The molecule has 168 valence electrons. The van der Waals surface area contributed by atoms with Gasteiger partial charge < -0.3 is 25.1 Å². The molecule has 1 aromatic heterocycles. The van der Waals surface area contributed by atoms with Crippen LogP contribution < -0.4 is 5.73 Å².